The van der Waals surface area contributed by atoms with Gasteiger partial charge in [0.1, 0.15) is 11.5 Å². The molecule has 11 rings (SSSR count). The van der Waals surface area contributed by atoms with Gasteiger partial charge in [0.05, 0.1) is 17.7 Å². The van der Waals surface area contributed by atoms with Gasteiger partial charge in [0.2, 0.25) is 0 Å². The highest BCUT2D eigenvalue weighted by molar-refractivity contribution is 5.95. The van der Waals surface area contributed by atoms with Crippen molar-refractivity contribution in [3.8, 4) is 11.5 Å². The molecule has 4 aromatic rings. The smallest absolute Gasteiger partial charge is 0.131 e. The van der Waals surface area contributed by atoms with Crippen molar-refractivity contribution in [3.63, 3.8) is 0 Å². The Morgan fingerprint density at radius 3 is 2.35 bits per heavy atom. The van der Waals surface area contributed by atoms with E-state index in [-0.39, 0.29) is 24.0 Å². The third-order valence-electron chi connectivity index (χ3n) is 12.5. The fourth-order valence-corrected chi connectivity index (χ4v) is 10.3. The van der Waals surface area contributed by atoms with Gasteiger partial charge in [0.15, 0.2) is 0 Å². The van der Waals surface area contributed by atoms with Crippen molar-refractivity contribution in [3.05, 3.63) is 185 Å². The largest absolute Gasteiger partial charge is 0.457 e. The Morgan fingerprint density at radius 1 is 0.712 bits per heavy atom. The van der Waals surface area contributed by atoms with Gasteiger partial charge in [-0.3, -0.25) is 0 Å². The summed E-state index contributed by atoms with van der Waals surface area (Å²) in [5.41, 5.74) is 12.7. The van der Waals surface area contributed by atoms with E-state index >= 15 is 0 Å². The predicted molar refractivity (Wildman–Crippen MR) is 212 cm³/mol. The fourth-order valence-electron chi connectivity index (χ4n) is 10.3. The van der Waals surface area contributed by atoms with Gasteiger partial charge in [-0.05, 0) is 103 Å². The Hall–Kier alpha value is -5.38. The van der Waals surface area contributed by atoms with Crippen LogP contribution in [-0.4, -0.2) is 16.8 Å². The minimum atomic E-state index is -0.409. The number of fused-ring (bicyclic) bond motifs is 11. The van der Waals surface area contributed by atoms with Crippen LogP contribution in [0.5, 0.6) is 11.5 Å². The zero-order chi connectivity index (χ0) is 34.2. The molecule has 3 aromatic carbocycles. The molecule has 0 bridgehead atoms. The number of hydrogen-bond acceptors (Lipinski definition) is 2. The molecule has 1 fully saturated rings. The zero-order valence-electron chi connectivity index (χ0n) is 29.2. The van der Waals surface area contributed by atoms with Gasteiger partial charge in [-0.1, -0.05) is 115 Å². The number of aryl methyl sites for hydroxylation is 1. The van der Waals surface area contributed by atoms with E-state index < -0.39 is 5.41 Å². The molecular formula is C49H41NO2. The second kappa shape index (κ2) is 11.8. The lowest BCUT2D eigenvalue weighted by molar-refractivity contribution is -0.0792. The Labute approximate surface area is 305 Å². The first-order valence-electron chi connectivity index (χ1n) is 19.2. The van der Waals surface area contributed by atoms with Crippen LogP contribution >= 0.6 is 0 Å². The Bertz CT molecular complexity index is 2410. The molecule has 0 amide bonds. The Balaban J connectivity index is 1.10. The minimum Gasteiger partial charge on any atom is -0.457 e. The van der Waals surface area contributed by atoms with Crippen LogP contribution in [0.3, 0.4) is 0 Å². The molecule has 52 heavy (non-hydrogen) atoms. The van der Waals surface area contributed by atoms with E-state index in [1.54, 1.807) is 0 Å². The number of hydrogen-bond donors (Lipinski definition) is 0. The third kappa shape index (κ3) is 4.36. The lowest BCUT2D eigenvalue weighted by Crippen LogP contribution is -2.59. The van der Waals surface area contributed by atoms with Gasteiger partial charge in [0.25, 0.3) is 0 Å². The first-order chi connectivity index (χ1) is 25.8. The van der Waals surface area contributed by atoms with Gasteiger partial charge in [-0.25, -0.2) is 0 Å². The standard InChI is InChI=1S/C49H41NO2/c1-3-14-32(15-4-1)33-27-29-47-42(31-33)49(39-20-8-11-24-45(39)51-46-25-12-9-21-40(46)49)41-22-13-19-36(48(41)52-47)34-26-28-44-38(30-34)37-18-7-10-23-43(37)50(44)35-16-5-2-6-17-35/h1,3,5,8-14,16-17,19-31,41-42,47-48H,2,4,6-7,15,18H2. The first-order valence-corrected chi connectivity index (χ1v) is 19.2. The highest BCUT2D eigenvalue weighted by atomic mass is 16.5. The molecule has 254 valence electrons. The lowest BCUT2D eigenvalue weighted by atomic mass is 9.51. The van der Waals surface area contributed by atoms with E-state index in [1.165, 1.54) is 61.3 Å². The van der Waals surface area contributed by atoms with Crippen molar-refractivity contribution in [2.24, 2.45) is 11.8 Å². The maximum absolute atomic E-state index is 7.42. The molecule has 0 saturated carbocycles. The zero-order valence-corrected chi connectivity index (χ0v) is 29.2. The van der Waals surface area contributed by atoms with Gasteiger partial charge in [-0.2, -0.15) is 0 Å². The van der Waals surface area contributed by atoms with E-state index in [1.807, 2.05) is 0 Å². The summed E-state index contributed by atoms with van der Waals surface area (Å²) in [5, 5.41) is 1.36. The predicted octanol–water partition coefficient (Wildman–Crippen LogP) is 11.6. The van der Waals surface area contributed by atoms with E-state index in [9.17, 15) is 0 Å². The molecule has 4 atom stereocenters. The summed E-state index contributed by atoms with van der Waals surface area (Å²) < 4.78 is 16.6. The second-order valence-electron chi connectivity index (χ2n) is 15.2. The van der Waals surface area contributed by atoms with E-state index in [0.29, 0.717) is 0 Å². The van der Waals surface area contributed by atoms with Gasteiger partial charge >= 0.3 is 0 Å². The number of benzene rings is 3. The molecule has 3 heteroatoms. The summed E-state index contributed by atoms with van der Waals surface area (Å²) in [7, 11) is 0. The van der Waals surface area contributed by atoms with Crippen LogP contribution in [0.2, 0.25) is 0 Å². The summed E-state index contributed by atoms with van der Waals surface area (Å²) in [6, 6.07) is 24.7. The average molecular weight is 676 g/mol. The summed E-state index contributed by atoms with van der Waals surface area (Å²) >= 11 is 0. The number of allylic oxidation sites excluding steroid dienone is 13. The molecule has 2 aliphatic heterocycles. The molecule has 0 N–H and O–H groups in total. The van der Waals surface area contributed by atoms with Crippen molar-refractivity contribution >= 4 is 28.2 Å². The van der Waals surface area contributed by atoms with Crippen LogP contribution in [0.15, 0.2) is 157 Å². The third-order valence-corrected chi connectivity index (χ3v) is 12.5. The Morgan fingerprint density at radius 2 is 1.54 bits per heavy atom. The molecule has 3 nitrogen and oxygen atoms in total. The maximum Gasteiger partial charge on any atom is 0.131 e. The second-order valence-corrected chi connectivity index (χ2v) is 15.2. The van der Waals surface area contributed by atoms with Crippen LogP contribution in [0, 0.1) is 11.8 Å². The SMILES string of the molecule is C1=CCCC(C2=CC3C(C=C2)OC2C(c4ccc5c(c4)c4c(n5C5=CCCC=C5)C=CCC4)=CC=CC2C32c3ccccc3Oc3ccccc32)=C1. The normalized spacial score (nSPS) is 25.9. The van der Waals surface area contributed by atoms with Crippen molar-refractivity contribution < 1.29 is 9.47 Å². The summed E-state index contributed by atoms with van der Waals surface area (Å²) in [6.45, 7) is 0. The molecule has 5 aliphatic carbocycles. The molecule has 4 unspecified atom stereocenters. The highest BCUT2D eigenvalue weighted by Crippen LogP contribution is 2.63. The van der Waals surface area contributed by atoms with Crippen LogP contribution in [0.25, 0.3) is 28.2 Å². The monoisotopic (exact) mass is 675 g/mol. The van der Waals surface area contributed by atoms with Crippen molar-refractivity contribution in [2.45, 2.75) is 56.1 Å². The molecule has 1 saturated heterocycles. The van der Waals surface area contributed by atoms with Crippen LogP contribution in [0.4, 0.5) is 0 Å². The Kier molecular flexibility index (Phi) is 6.89. The van der Waals surface area contributed by atoms with Gasteiger partial charge in [0, 0.05) is 45.2 Å². The summed E-state index contributed by atoms with van der Waals surface area (Å²) in [4.78, 5) is 0. The van der Waals surface area contributed by atoms with E-state index in [0.717, 1.165) is 50.0 Å². The number of para-hydroxylation sites is 2. The van der Waals surface area contributed by atoms with E-state index in [2.05, 4.69) is 156 Å². The van der Waals surface area contributed by atoms with Crippen molar-refractivity contribution in [1.29, 1.82) is 0 Å². The average Bonchev–Trinajstić information content (AvgIpc) is 3.55. The quantitative estimate of drug-likeness (QED) is 0.216. The fraction of sp³-hybridized carbons (Fsp3) is 0.224. The summed E-state index contributed by atoms with van der Waals surface area (Å²) in [5.74, 6) is 2.01. The topological polar surface area (TPSA) is 23.4 Å². The maximum atomic E-state index is 7.42. The number of aromatic nitrogens is 1. The van der Waals surface area contributed by atoms with Crippen molar-refractivity contribution in [1.82, 2.24) is 4.57 Å². The minimum absolute atomic E-state index is 0.0406. The molecule has 7 aliphatic rings. The van der Waals surface area contributed by atoms with Gasteiger partial charge in [-0.15, -0.1) is 0 Å². The molecule has 3 heterocycles. The van der Waals surface area contributed by atoms with Crippen molar-refractivity contribution in [2.75, 3.05) is 0 Å². The number of nitrogens with zero attached hydrogens (tertiary/aromatic N) is 1. The van der Waals surface area contributed by atoms with Crippen LogP contribution in [-0.2, 0) is 16.6 Å². The number of ether oxygens (including phenoxy) is 2. The number of rotatable bonds is 3. The summed E-state index contributed by atoms with van der Waals surface area (Å²) in [6.07, 6.45) is 38.9. The van der Waals surface area contributed by atoms with Gasteiger partial charge < -0.3 is 14.0 Å². The molecule has 1 spiro atoms. The molecular weight excluding hydrogens is 635 g/mol. The lowest BCUT2D eigenvalue weighted by Gasteiger charge is -2.57. The molecule has 1 aromatic heterocycles. The first kappa shape index (κ1) is 30.3. The highest BCUT2D eigenvalue weighted by Gasteiger charge is 2.60. The van der Waals surface area contributed by atoms with E-state index in [4.69, 9.17) is 9.47 Å². The van der Waals surface area contributed by atoms with Crippen LogP contribution < -0.4 is 4.74 Å². The molecule has 0 radical (unpaired) electrons. The van der Waals surface area contributed by atoms with Crippen LogP contribution in [0.1, 0.15) is 60.1 Å².